The van der Waals surface area contributed by atoms with Gasteiger partial charge in [-0.1, -0.05) is 128 Å². The van der Waals surface area contributed by atoms with Crippen molar-refractivity contribution in [1.82, 2.24) is 15.0 Å². The number of aliphatic imine (C=N–C) groups is 1. The third kappa shape index (κ3) is 9.35. The van der Waals surface area contributed by atoms with Gasteiger partial charge in [-0.3, -0.25) is 19.9 Å². The van der Waals surface area contributed by atoms with Crippen LogP contribution >= 0.6 is 0 Å². The van der Waals surface area contributed by atoms with E-state index in [0.29, 0.717) is 39.7 Å². The van der Waals surface area contributed by atoms with E-state index in [9.17, 15) is 19.8 Å². The molecule has 3 aromatic heterocycles. The Morgan fingerprint density at radius 1 is 0.652 bits per heavy atom. The molecule has 6 aromatic carbocycles. The summed E-state index contributed by atoms with van der Waals surface area (Å²) < 4.78 is 0. The molecule has 2 aliphatic carbocycles. The predicted octanol–water partition coefficient (Wildman–Crippen LogP) is 15.2. The molecule has 11 heteroatoms. The Balaban J connectivity index is 0.000000177. The smallest absolute Gasteiger partial charge is 0.654 e. The van der Waals surface area contributed by atoms with Crippen molar-refractivity contribution in [3.8, 4) is 11.1 Å². The van der Waals surface area contributed by atoms with E-state index in [4.69, 9.17) is 20.6 Å². The normalized spacial score (nSPS) is 13.2. The summed E-state index contributed by atoms with van der Waals surface area (Å²) in [4.78, 5) is 42.2. The summed E-state index contributed by atoms with van der Waals surface area (Å²) in [6, 6.07) is 34.1. The number of carbonyl (C=O) groups is 2. The topological polar surface area (TPSA) is 154 Å². The molecule has 0 bridgehead atoms. The number of aryl methyl sites for hydroxylation is 1. The van der Waals surface area contributed by atoms with Gasteiger partial charge >= 0.3 is 29.0 Å². The number of rotatable bonds is 8. The minimum atomic E-state index is -1.02. The zero-order chi connectivity index (χ0) is 47.5. The van der Waals surface area contributed by atoms with E-state index in [2.05, 4.69) is 60.9 Å². The number of benzene rings is 6. The minimum Gasteiger partial charge on any atom is -0.654 e. The largest absolute Gasteiger partial charge is 3.00 e. The van der Waals surface area contributed by atoms with E-state index in [1.807, 2.05) is 98.2 Å². The molecule has 10 nitrogen and oxygen atoms in total. The maximum atomic E-state index is 11.9. The van der Waals surface area contributed by atoms with Crippen LogP contribution in [-0.4, -0.2) is 43.8 Å². The van der Waals surface area contributed by atoms with Crippen LogP contribution in [0.25, 0.3) is 71.3 Å². The van der Waals surface area contributed by atoms with Crippen molar-refractivity contribution in [2.75, 3.05) is 0 Å². The van der Waals surface area contributed by atoms with Gasteiger partial charge in [-0.25, -0.2) is 9.59 Å². The van der Waals surface area contributed by atoms with Crippen LogP contribution in [0, 0.1) is 19.8 Å². The van der Waals surface area contributed by atoms with E-state index in [-0.39, 0.29) is 28.2 Å². The van der Waals surface area contributed by atoms with Crippen molar-refractivity contribution in [3.63, 3.8) is 0 Å². The molecule has 1 radical (unpaired) electrons. The van der Waals surface area contributed by atoms with Gasteiger partial charge in [0.25, 0.3) is 0 Å². The van der Waals surface area contributed by atoms with E-state index in [0.717, 1.165) is 85.2 Å². The molecule has 2 aliphatic rings. The van der Waals surface area contributed by atoms with Crippen LogP contribution in [0.3, 0.4) is 0 Å². The second kappa shape index (κ2) is 20.5. The molecule has 9 aromatic rings. The number of aromatic nitrogens is 3. The van der Waals surface area contributed by atoms with Gasteiger partial charge in [0.1, 0.15) is 0 Å². The summed E-state index contributed by atoms with van der Waals surface area (Å²) in [5.41, 5.74) is 13.3. The van der Waals surface area contributed by atoms with Gasteiger partial charge in [-0.2, -0.15) is 6.92 Å². The third-order valence-corrected chi connectivity index (χ3v) is 12.4. The van der Waals surface area contributed by atoms with Crippen LogP contribution in [0.4, 0.5) is 28.4 Å². The summed E-state index contributed by atoms with van der Waals surface area (Å²) in [6.07, 6.45) is 16.9. The Kier molecular flexibility index (Phi) is 14.1. The van der Waals surface area contributed by atoms with Crippen molar-refractivity contribution in [2.45, 2.75) is 40.0 Å². The molecule has 1 unspecified atom stereocenters. The van der Waals surface area contributed by atoms with Crippen LogP contribution in [0.2, 0.25) is 0 Å². The van der Waals surface area contributed by atoms with Crippen LogP contribution in [0.15, 0.2) is 151 Å². The van der Waals surface area contributed by atoms with Crippen LogP contribution in [0.5, 0.6) is 0 Å². The Bertz CT molecular complexity index is 3550. The van der Waals surface area contributed by atoms with Gasteiger partial charge in [-0.15, -0.1) is 22.7 Å². The SMILES string of the molecule is C=Nc1c([N-]c2cc(C(=O)O)cc3c2ncc2ccccc23)cccc1-c1ccccc1C.CC1C=Cc2c(cnc3c([N-]c4cccc5c6c(cnc45)CC=CC6)cc(C(=O)O)cc23)C1.[CH2-]C.[Fe+3]. The fourth-order valence-corrected chi connectivity index (χ4v) is 9.11. The molecule has 3 heterocycles. The molecular formula is C58H47FeN6O4. The number of hydrogen-bond acceptors (Lipinski definition) is 6. The monoisotopic (exact) mass is 947 g/mol. The molecule has 0 spiro atoms. The molecule has 0 fully saturated rings. The molecule has 0 aliphatic heterocycles. The number of carboxylic acid groups (broad SMARTS) is 2. The van der Waals surface area contributed by atoms with Crippen molar-refractivity contribution in [1.29, 1.82) is 0 Å². The molecule has 0 saturated carbocycles. The summed E-state index contributed by atoms with van der Waals surface area (Å²) in [5, 5.41) is 33.8. The average molecular weight is 948 g/mol. The first-order valence-electron chi connectivity index (χ1n) is 22.4. The third-order valence-electron chi connectivity index (χ3n) is 12.4. The van der Waals surface area contributed by atoms with Gasteiger partial charge in [0.2, 0.25) is 0 Å². The first kappa shape index (κ1) is 47.5. The number of para-hydroxylation sites is 2. The van der Waals surface area contributed by atoms with Crippen LogP contribution in [-0.2, 0) is 36.3 Å². The molecule has 0 saturated heterocycles. The zero-order valence-corrected chi connectivity index (χ0v) is 39.4. The fourth-order valence-electron chi connectivity index (χ4n) is 9.11. The number of aromatic carboxylic acids is 2. The van der Waals surface area contributed by atoms with Gasteiger partial charge in [-0.05, 0) is 89.7 Å². The molecule has 341 valence electrons. The number of nitrogens with zero attached hydrogens (tertiary/aromatic N) is 6. The van der Waals surface area contributed by atoms with Gasteiger partial charge in [0, 0.05) is 45.7 Å². The number of pyridine rings is 3. The molecule has 69 heavy (non-hydrogen) atoms. The quantitative estimate of drug-likeness (QED) is 0.0505. The molecule has 0 amide bonds. The average Bonchev–Trinajstić information content (AvgIpc) is 3.36. The maximum absolute atomic E-state index is 11.9. The Labute approximate surface area is 411 Å². The number of carboxylic acids is 2. The number of fused-ring (bicyclic) bond motifs is 9. The van der Waals surface area contributed by atoms with Crippen molar-refractivity contribution in [3.05, 3.63) is 203 Å². The second-order valence-electron chi connectivity index (χ2n) is 16.7. The molecule has 11 rings (SSSR count). The summed E-state index contributed by atoms with van der Waals surface area (Å²) in [5.74, 6) is -1.56. The van der Waals surface area contributed by atoms with E-state index in [1.165, 1.54) is 11.1 Å². The second-order valence-corrected chi connectivity index (χ2v) is 16.7. The first-order valence-corrected chi connectivity index (χ1v) is 22.4. The maximum Gasteiger partial charge on any atom is 3.00 e. The Hall–Kier alpha value is -7.98. The number of allylic oxidation sites excluding steroid dienone is 3. The summed E-state index contributed by atoms with van der Waals surface area (Å²) >= 11 is 0. The molecule has 1 atom stereocenters. The van der Waals surface area contributed by atoms with Crippen molar-refractivity contribution in [2.24, 2.45) is 10.9 Å². The van der Waals surface area contributed by atoms with Crippen molar-refractivity contribution >= 4 is 96.7 Å². The van der Waals surface area contributed by atoms with Gasteiger partial charge < -0.3 is 27.8 Å². The molecule has 2 N–H and O–H groups in total. The van der Waals surface area contributed by atoms with E-state index >= 15 is 0 Å². The summed E-state index contributed by atoms with van der Waals surface area (Å²) in [6.45, 7) is 13.0. The summed E-state index contributed by atoms with van der Waals surface area (Å²) in [7, 11) is 0. The molecular weight excluding hydrogens is 901 g/mol. The van der Waals surface area contributed by atoms with E-state index in [1.54, 1.807) is 37.4 Å². The Morgan fingerprint density at radius 2 is 1.23 bits per heavy atom. The first-order chi connectivity index (χ1) is 33.1. The predicted molar refractivity (Wildman–Crippen MR) is 277 cm³/mol. The minimum absolute atomic E-state index is 0. The fraction of sp³-hybridized carbons (Fsp3) is 0.121. The van der Waals surface area contributed by atoms with E-state index < -0.39 is 11.9 Å². The standard InChI is InChI=1S/C28H22N3O2.C28H20N3O2.C2H5.Fe/c1-16-9-10-21-19(11-16)15-30-27-23(21)12-18(28(32)33)13-25(27)31-24-8-4-7-22-20-6-3-2-5-17(20)14-29-26(22)24;1-17-8-3-5-10-20(17)22-12-7-13-24(26(22)29-2)31-25-15-19(28(32)33)14-23-21-11-6-4-9-18(21)16-30-27(23)25;1-2;/h2-4,7-10,12-16H,5-6,11H2,1H3,(H,32,33);3-16H,2H2,1H3,(H,32,33);1H2,2H3;/q3*-1;+3. The van der Waals surface area contributed by atoms with Gasteiger partial charge in [0.05, 0.1) is 33.4 Å². The van der Waals surface area contributed by atoms with Crippen LogP contribution < -0.4 is 0 Å². The van der Waals surface area contributed by atoms with Crippen molar-refractivity contribution < 1.29 is 36.9 Å². The zero-order valence-electron chi connectivity index (χ0n) is 38.3. The van der Waals surface area contributed by atoms with Crippen LogP contribution in [0.1, 0.15) is 62.4 Å². The number of hydrogen-bond donors (Lipinski definition) is 2. The van der Waals surface area contributed by atoms with Gasteiger partial charge in [0.15, 0.2) is 0 Å². The Morgan fingerprint density at radius 3 is 1.97 bits per heavy atom.